The molecule has 1 fully saturated rings. The highest BCUT2D eigenvalue weighted by Crippen LogP contribution is 2.28. The van der Waals surface area contributed by atoms with Gasteiger partial charge in [0.25, 0.3) is 0 Å². The minimum absolute atomic E-state index is 0. The summed E-state index contributed by atoms with van der Waals surface area (Å²) in [6.45, 7) is 4.16. The van der Waals surface area contributed by atoms with Crippen molar-refractivity contribution in [2.45, 2.75) is 19.9 Å². The Bertz CT molecular complexity index is 669. The molecule has 2 aromatic rings. The third-order valence-corrected chi connectivity index (χ3v) is 5.12. The molecule has 1 saturated heterocycles. The zero-order chi connectivity index (χ0) is 14.8. The fourth-order valence-electron chi connectivity index (χ4n) is 2.31. The number of amides is 1. The van der Waals surface area contributed by atoms with Crippen molar-refractivity contribution in [2.75, 3.05) is 16.9 Å². The molecule has 1 amide bonds. The van der Waals surface area contributed by atoms with E-state index in [1.165, 1.54) is 22.5 Å². The van der Waals surface area contributed by atoms with Gasteiger partial charge in [-0.25, -0.2) is 4.98 Å². The molecule has 1 atom stereocenters. The van der Waals surface area contributed by atoms with E-state index in [1.807, 2.05) is 5.38 Å². The predicted molar refractivity (Wildman–Crippen MR) is 97.2 cm³/mol. The average molecular weight is 356 g/mol. The van der Waals surface area contributed by atoms with Crippen LogP contribution in [0.2, 0.25) is 0 Å². The van der Waals surface area contributed by atoms with Gasteiger partial charge in [-0.2, -0.15) is 0 Å². The van der Waals surface area contributed by atoms with Gasteiger partial charge < -0.3 is 5.32 Å². The Morgan fingerprint density at radius 2 is 2.23 bits per heavy atom. The molecule has 1 aromatic heterocycles. The van der Waals surface area contributed by atoms with Crippen molar-refractivity contribution in [1.29, 1.82) is 0 Å². The Morgan fingerprint density at radius 3 is 2.91 bits per heavy atom. The van der Waals surface area contributed by atoms with Gasteiger partial charge in [0, 0.05) is 22.6 Å². The number of nitrogens with one attached hydrogen (secondary N) is 2. The molecule has 0 saturated carbocycles. The topological polar surface area (TPSA) is 54.0 Å². The molecule has 2 N–H and O–H groups in total. The molecule has 3 rings (SSSR count). The number of hydrogen-bond donors (Lipinski definition) is 2. The number of hydrogen-bond acceptors (Lipinski definition) is 5. The van der Waals surface area contributed by atoms with Crippen LogP contribution in [-0.4, -0.2) is 28.6 Å². The van der Waals surface area contributed by atoms with E-state index in [9.17, 15) is 4.79 Å². The predicted octanol–water partition coefficient (Wildman–Crippen LogP) is 3.45. The normalized spacial score (nSPS) is 17.1. The molecule has 1 unspecified atom stereocenters. The second-order valence-electron chi connectivity index (χ2n) is 5.12. The van der Waals surface area contributed by atoms with Gasteiger partial charge in [-0.05, 0) is 19.4 Å². The summed E-state index contributed by atoms with van der Waals surface area (Å²) < 4.78 is 0. The number of aryl methyl sites for hydroxylation is 2. The van der Waals surface area contributed by atoms with E-state index in [0.717, 1.165) is 22.9 Å². The van der Waals surface area contributed by atoms with Crippen LogP contribution in [0.25, 0.3) is 11.3 Å². The second-order valence-corrected chi connectivity index (χ2v) is 7.01. The maximum Gasteiger partial charge on any atom is 0.244 e. The third-order valence-electron chi connectivity index (χ3n) is 3.42. The number of thioether (sulfide) groups is 1. The lowest BCUT2D eigenvalue weighted by atomic mass is 10.0. The van der Waals surface area contributed by atoms with Gasteiger partial charge in [-0.15, -0.1) is 35.5 Å². The van der Waals surface area contributed by atoms with Gasteiger partial charge in [0.1, 0.15) is 0 Å². The molecular weight excluding hydrogens is 338 g/mol. The highest BCUT2D eigenvalue weighted by molar-refractivity contribution is 7.99. The lowest BCUT2D eigenvalue weighted by molar-refractivity contribution is -0.117. The second kappa shape index (κ2) is 7.46. The van der Waals surface area contributed by atoms with E-state index in [1.54, 1.807) is 11.8 Å². The Labute approximate surface area is 144 Å². The number of carbonyl (C=O) groups is 1. The van der Waals surface area contributed by atoms with Crippen molar-refractivity contribution in [2.24, 2.45) is 0 Å². The number of rotatable bonds is 3. The van der Waals surface area contributed by atoms with Crippen LogP contribution in [0.4, 0.5) is 5.13 Å². The number of nitrogens with zero attached hydrogens (tertiary/aromatic N) is 1. The molecule has 4 nitrogen and oxygen atoms in total. The fraction of sp³-hybridized carbons (Fsp3) is 0.333. The summed E-state index contributed by atoms with van der Waals surface area (Å²) >= 11 is 3.20. The summed E-state index contributed by atoms with van der Waals surface area (Å²) in [5, 5.41) is 8.71. The standard InChI is InChI=1S/C15H17N3OS2.ClH/c1-9-3-4-11(10(2)5-9)12-7-21-15(17-12)18-14(19)13-6-20-8-16-13;/h3-5,7,13,16H,6,8H2,1-2H3,(H,17,18,19);1H. The number of benzene rings is 1. The van der Waals surface area contributed by atoms with Crippen LogP contribution < -0.4 is 10.6 Å². The maximum absolute atomic E-state index is 12.1. The molecular formula is C15H18ClN3OS2. The van der Waals surface area contributed by atoms with Crippen molar-refractivity contribution in [1.82, 2.24) is 10.3 Å². The SMILES string of the molecule is Cc1ccc(-c2csc(NC(=O)C3CSCN3)n2)c(C)c1.Cl. The molecule has 22 heavy (non-hydrogen) atoms. The lowest BCUT2D eigenvalue weighted by Gasteiger charge is -2.07. The smallest absolute Gasteiger partial charge is 0.244 e. The largest absolute Gasteiger partial charge is 0.301 e. The number of thiazole rings is 1. The van der Waals surface area contributed by atoms with Crippen LogP contribution in [0.15, 0.2) is 23.6 Å². The Hall–Kier alpha value is -1.08. The summed E-state index contributed by atoms with van der Waals surface area (Å²) in [4.78, 5) is 16.6. The lowest BCUT2D eigenvalue weighted by Crippen LogP contribution is -2.37. The minimum Gasteiger partial charge on any atom is -0.301 e. The van der Waals surface area contributed by atoms with Gasteiger partial charge in [0.15, 0.2) is 5.13 Å². The van der Waals surface area contributed by atoms with Crippen LogP contribution in [0.5, 0.6) is 0 Å². The summed E-state index contributed by atoms with van der Waals surface area (Å²) in [6, 6.07) is 6.20. The molecule has 0 radical (unpaired) electrons. The molecule has 118 valence electrons. The van der Waals surface area contributed by atoms with E-state index in [4.69, 9.17) is 0 Å². The first-order valence-corrected chi connectivity index (χ1v) is 8.82. The number of halogens is 1. The van der Waals surface area contributed by atoms with Crippen molar-refractivity contribution >= 4 is 46.5 Å². The zero-order valence-corrected chi connectivity index (χ0v) is 14.8. The third kappa shape index (κ3) is 3.81. The van der Waals surface area contributed by atoms with Crippen molar-refractivity contribution in [3.05, 3.63) is 34.7 Å². The van der Waals surface area contributed by atoms with Crippen LogP contribution in [-0.2, 0) is 4.79 Å². The van der Waals surface area contributed by atoms with E-state index >= 15 is 0 Å². The fourth-order valence-corrected chi connectivity index (χ4v) is 3.97. The summed E-state index contributed by atoms with van der Waals surface area (Å²) in [7, 11) is 0. The van der Waals surface area contributed by atoms with Crippen LogP contribution in [0, 0.1) is 13.8 Å². The summed E-state index contributed by atoms with van der Waals surface area (Å²) in [6.07, 6.45) is 0. The molecule has 7 heteroatoms. The first kappa shape index (κ1) is 17.3. The quantitative estimate of drug-likeness (QED) is 0.885. The van der Waals surface area contributed by atoms with E-state index in [0.29, 0.717) is 5.13 Å². The molecule has 0 bridgehead atoms. The highest BCUT2D eigenvalue weighted by Gasteiger charge is 2.23. The van der Waals surface area contributed by atoms with Crippen LogP contribution in [0.1, 0.15) is 11.1 Å². The number of aromatic nitrogens is 1. The van der Waals surface area contributed by atoms with E-state index in [-0.39, 0.29) is 24.4 Å². The van der Waals surface area contributed by atoms with Gasteiger partial charge >= 0.3 is 0 Å². The number of anilines is 1. The summed E-state index contributed by atoms with van der Waals surface area (Å²) in [5.74, 6) is 1.66. The first-order valence-electron chi connectivity index (χ1n) is 6.78. The maximum atomic E-state index is 12.1. The molecule has 1 aliphatic rings. The van der Waals surface area contributed by atoms with Gasteiger partial charge in [-0.3, -0.25) is 10.1 Å². The Balaban J connectivity index is 0.00000176. The van der Waals surface area contributed by atoms with E-state index in [2.05, 4.69) is 47.7 Å². The Morgan fingerprint density at radius 1 is 1.41 bits per heavy atom. The van der Waals surface area contributed by atoms with Crippen molar-refractivity contribution in [3.63, 3.8) is 0 Å². The first-order chi connectivity index (χ1) is 10.1. The molecule has 1 aliphatic heterocycles. The van der Waals surface area contributed by atoms with Crippen molar-refractivity contribution < 1.29 is 4.79 Å². The van der Waals surface area contributed by atoms with E-state index < -0.39 is 0 Å². The molecule has 1 aromatic carbocycles. The zero-order valence-electron chi connectivity index (χ0n) is 12.4. The average Bonchev–Trinajstić information content (AvgIpc) is 3.09. The Kier molecular flexibility index (Phi) is 5.86. The van der Waals surface area contributed by atoms with Gasteiger partial charge in [0.2, 0.25) is 5.91 Å². The molecule has 2 heterocycles. The van der Waals surface area contributed by atoms with Gasteiger partial charge in [-0.1, -0.05) is 23.8 Å². The molecule has 0 spiro atoms. The number of carbonyl (C=O) groups excluding carboxylic acids is 1. The minimum atomic E-state index is -0.108. The monoisotopic (exact) mass is 355 g/mol. The van der Waals surface area contributed by atoms with Crippen LogP contribution >= 0.6 is 35.5 Å². The summed E-state index contributed by atoms with van der Waals surface area (Å²) in [5.41, 5.74) is 4.48. The van der Waals surface area contributed by atoms with Crippen molar-refractivity contribution in [3.8, 4) is 11.3 Å². The van der Waals surface area contributed by atoms with Crippen LogP contribution in [0.3, 0.4) is 0 Å². The van der Waals surface area contributed by atoms with Gasteiger partial charge in [0.05, 0.1) is 11.7 Å². The molecule has 0 aliphatic carbocycles. The highest BCUT2D eigenvalue weighted by atomic mass is 35.5.